The van der Waals surface area contributed by atoms with Crippen LogP contribution in [-0.4, -0.2) is 26.9 Å². The molecule has 18 heavy (non-hydrogen) atoms. The fourth-order valence-corrected chi connectivity index (χ4v) is 1.88. The molecule has 2 heterocycles. The van der Waals surface area contributed by atoms with Gasteiger partial charge in [0.25, 0.3) is 0 Å². The zero-order chi connectivity index (χ0) is 13.0. The molecule has 0 saturated carbocycles. The molecule has 2 rings (SSSR count). The second-order valence-electron chi connectivity index (χ2n) is 3.91. The fraction of sp³-hybridized carbons (Fsp3) is 0.364. The van der Waals surface area contributed by atoms with Crippen LogP contribution in [0.1, 0.15) is 30.6 Å². The van der Waals surface area contributed by atoms with E-state index in [2.05, 4.69) is 32.6 Å². The summed E-state index contributed by atoms with van der Waals surface area (Å²) in [5, 5.41) is 14.4. The van der Waals surface area contributed by atoms with Gasteiger partial charge in [-0.15, -0.1) is 0 Å². The molecule has 0 radical (unpaired) electrons. The summed E-state index contributed by atoms with van der Waals surface area (Å²) in [5.41, 5.74) is 7.47. The van der Waals surface area contributed by atoms with Gasteiger partial charge in [-0.3, -0.25) is 0 Å². The number of hydrogen-bond acceptors (Lipinski definition) is 5. The number of H-pyrrole nitrogens is 1. The average molecular weight is 267 g/mol. The first-order valence-electron chi connectivity index (χ1n) is 5.72. The monoisotopic (exact) mass is 266 g/mol. The quantitative estimate of drug-likeness (QED) is 0.763. The number of nitrogens with one attached hydrogen (secondary N) is 2. The van der Waals surface area contributed by atoms with Crippen LogP contribution in [0.15, 0.2) is 18.5 Å². The third-order valence-electron chi connectivity index (χ3n) is 2.56. The summed E-state index contributed by atoms with van der Waals surface area (Å²) in [7, 11) is 0. The van der Waals surface area contributed by atoms with E-state index in [4.69, 9.17) is 17.3 Å². The molecular weight excluding hydrogens is 252 g/mol. The van der Waals surface area contributed by atoms with E-state index in [1.54, 1.807) is 12.3 Å². The molecule has 0 aliphatic carbocycles. The van der Waals surface area contributed by atoms with Gasteiger partial charge in [-0.25, -0.2) is 4.98 Å². The Labute approximate surface area is 110 Å². The number of pyridine rings is 1. The van der Waals surface area contributed by atoms with Gasteiger partial charge in [0.2, 0.25) is 0 Å². The molecule has 7 heteroatoms. The van der Waals surface area contributed by atoms with Crippen LogP contribution < -0.4 is 11.1 Å². The van der Waals surface area contributed by atoms with E-state index in [0.29, 0.717) is 10.8 Å². The summed E-state index contributed by atoms with van der Waals surface area (Å²) >= 11 is 5.97. The Morgan fingerprint density at radius 2 is 2.33 bits per heavy atom. The van der Waals surface area contributed by atoms with Gasteiger partial charge < -0.3 is 11.1 Å². The maximum absolute atomic E-state index is 5.97. The van der Waals surface area contributed by atoms with Gasteiger partial charge in [0, 0.05) is 11.8 Å². The van der Waals surface area contributed by atoms with Crippen molar-refractivity contribution < 1.29 is 0 Å². The van der Waals surface area contributed by atoms with Crippen molar-refractivity contribution in [3.63, 3.8) is 0 Å². The van der Waals surface area contributed by atoms with E-state index in [9.17, 15) is 0 Å². The molecule has 2 aromatic rings. The molecule has 2 aromatic heterocycles. The van der Waals surface area contributed by atoms with E-state index in [1.807, 2.05) is 0 Å². The predicted octanol–water partition coefficient (Wildman–Crippen LogP) is 1.52. The second kappa shape index (κ2) is 5.79. The highest BCUT2D eigenvalue weighted by molar-refractivity contribution is 6.30. The van der Waals surface area contributed by atoms with E-state index in [-0.39, 0.29) is 6.04 Å². The molecule has 0 bridgehead atoms. The lowest BCUT2D eigenvalue weighted by Crippen LogP contribution is -2.24. The van der Waals surface area contributed by atoms with Gasteiger partial charge in [0.05, 0.1) is 17.3 Å². The summed E-state index contributed by atoms with van der Waals surface area (Å²) in [6.07, 6.45) is 4.19. The van der Waals surface area contributed by atoms with Gasteiger partial charge >= 0.3 is 0 Å². The highest BCUT2D eigenvalue weighted by Crippen LogP contribution is 2.26. The van der Waals surface area contributed by atoms with Crippen LogP contribution in [0, 0.1) is 0 Å². The molecule has 0 saturated heterocycles. The number of aromatic amines is 1. The second-order valence-corrected chi connectivity index (χ2v) is 4.35. The third-order valence-corrected chi connectivity index (χ3v) is 2.76. The lowest BCUT2D eigenvalue weighted by molar-refractivity contribution is 0.585. The van der Waals surface area contributed by atoms with Crippen molar-refractivity contribution in [2.45, 2.75) is 19.4 Å². The SMILES string of the molecule is CCCNC(c1cn[nH]n1)c1cc(Cl)cnc1N. The van der Waals surface area contributed by atoms with Crippen molar-refractivity contribution >= 4 is 17.4 Å². The Kier molecular flexibility index (Phi) is 4.11. The number of anilines is 1. The smallest absolute Gasteiger partial charge is 0.128 e. The Hall–Kier alpha value is -1.66. The maximum Gasteiger partial charge on any atom is 0.128 e. The number of hydrogen-bond donors (Lipinski definition) is 3. The number of aromatic nitrogens is 4. The van der Waals surface area contributed by atoms with E-state index >= 15 is 0 Å². The highest BCUT2D eigenvalue weighted by Gasteiger charge is 2.19. The first-order chi connectivity index (χ1) is 8.72. The van der Waals surface area contributed by atoms with Crippen molar-refractivity contribution in [2.75, 3.05) is 12.3 Å². The molecule has 6 nitrogen and oxygen atoms in total. The summed E-state index contributed by atoms with van der Waals surface area (Å²) in [6, 6.07) is 1.64. The summed E-state index contributed by atoms with van der Waals surface area (Å²) in [5.74, 6) is 0.441. The molecule has 0 fully saturated rings. The largest absolute Gasteiger partial charge is 0.383 e. The summed E-state index contributed by atoms with van der Waals surface area (Å²) in [6.45, 7) is 2.93. The minimum atomic E-state index is -0.158. The molecule has 0 spiro atoms. The zero-order valence-electron chi connectivity index (χ0n) is 10.0. The van der Waals surface area contributed by atoms with Gasteiger partial charge in [-0.2, -0.15) is 15.4 Å². The van der Waals surface area contributed by atoms with Crippen molar-refractivity contribution in [1.82, 2.24) is 25.7 Å². The van der Waals surface area contributed by atoms with Crippen LogP contribution in [-0.2, 0) is 0 Å². The standard InChI is InChI=1S/C11H15ClN6/c1-2-3-14-10(9-6-16-18-17-9)8-4-7(12)5-15-11(8)13/h4-6,10,14H,2-3H2,1H3,(H2,13,15)(H,16,17,18). The van der Waals surface area contributed by atoms with E-state index < -0.39 is 0 Å². The van der Waals surface area contributed by atoms with Crippen LogP contribution in [0.25, 0.3) is 0 Å². The number of halogens is 1. The predicted molar refractivity (Wildman–Crippen MR) is 70.2 cm³/mol. The molecule has 0 aromatic carbocycles. The number of rotatable bonds is 5. The lowest BCUT2D eigenvalue weighted by Gasteiger charge is -2.17. The molecule has 0 amide bonds. The zero-order valence-corrected chi connectivity index (χ0v) is 10.8. The molecule has 1 unspecified atom stereocenters. The lowest BCUT2D eigenvalue weighted by atomic mass is 10.1. The topological polar surface area (TPSA) is 92.5 Å². The van der Waals surface area contributed by atoms with Crippen LogP contribution in [0.3, 0.4) is 0 Å². The molecule has 0 aliphatic heterocycles. The molecule has 1 atom stereocenters. The van der Waals surface area contributed by atoms with Crippen LogP contribution in [0.2, 0.25) is 5.02 Å². The minimum Gasteiger partial charge on any atom is -0.383 e. The first kappa shape index (κ1) is 12.8. The summed E-state index contributed by atoms with van der Waals surface area (Å²) in [4.78, 5) is 4.06. The minimum absolute atomic E-state index is 0.158. The van der Waals surface area contributed by atoms with Crippen LogP contribution in [0.4, 0.5) is 5.82 Å². The van der Waals surface area contributed by atoms with Crippen molar-refractivity contribution in [1.29, 1.82) is 0 Å². The van der Waals surface area contributed by atoms with Gasteiger partial charge in [0.1, 0.15) is 11.5 Å². The van der Waals surface area contributed by atoms with Crippen LogP contribution in [0.5, 0.6) is 0 Å². The number of nitrogens with zero attached hydrogens (tertiary/aromatic N) is 3. The van der Waals surface area contributed by atoms with Crippen LogP contribution >= 0.6 is 11.6 Å². The van der Waals surface area contributed by atoms with E-state index in [0.717, 1.165) is 24.2 Å². The first-order valence-corrected chi connectivity index (χ1v) is 6.10. The van der Waals surface area contributed by atoms with E-state index in [1.165, 1.54) is 6.20 Å². The van der Waals surface area contributed by atoms with Gasteiger partial charge in [-0.1, -0.05) is 18.5 Å². The van der Waals surface area contributed by atoms with Crippen molar-refractivity contribution in [2.24, 2.45) is 0 Å². The molecule has 96 valence electrons. The summed E-state index contributed by atoms with van der Waals surface area (Å²) < 4.78 is 0. The average Bonchev–Trinajstić information content (AvgIpc) is 2.88. The van der Waals surface area contributed by atoms with Gasteiger partial charge in [-0.05, 0) is 19.0 Å². The normalized spacial score (nSPS) is 12.6. The number of nitrogen functional groups attached to an aromatic ring is 1. The highest BCUT2D eigenvalue weighted by atomic mass is 35.5. The Morgan fingerprint density at radius 3 is 3.00 bits per heavy atom. The van der Waals surface area contributed by atoms with Gasteiger partial charge in [0.15, 0.2) is 0 Å². The Morgan fingerprint density at radius 1 is 1.50 bits per heavy atom. The fourth-order valence-electron chi connectivity index (χ4n) is 1.71. The molecule has 4 N–H and O–H groups in total. The number of nitrogens with two attached hydrogens (primary N) is 1. The van der Waals surface area contributed by atoms with Crippen molar-refractivity contribution in [3.05, 3.63) is 34.7 Å². The Balaban J connectivity index is 2.36. The maximum atomic E-state index is 5.97. The molecule has 0 aliphatic rings. The molecular formula is C11H15ClN6. The van der Waals surface area contributed by atoms with Crippen molar-refractivity contribution in [3.8, 4) is 0 Å². The third kappa shape index (κ3) is 2.77. The Bertz CT molecular complexity index is 498.